The van der Waals surface area contributed by atoms with E-state index in [-0.39, 0.29) is 0 Å². The summed E-state index contributed by atoms with van der Waals surface area (Å²) in [5, 5.41) is 0. The summed E-state index contributed by atoms with van der Waals surface area (Å²) in [6, 6.07) is 6.51. The average Bonchev–Trinajstić information content (AvgIpc) is 2.58. The fourth-order valence-electron chi connectivity index (χ4n) is 1.85. The van der Waals surface area contributed by atoms with Crippen LogP contribution in [0.1, 0.15) is 25.3 Å². The number of imidazole rings is 1. The second kappa shape index (κ2) is 3.82. The molecule has 0 bridgehead atoms. The molecule has 1 aromatic carbocycles. The molecule has 2 heteroatoms. The van der Waals surface area contributed by atoms with E-state index in [0.29, 0.717) is 0 Å². The van der Waals surface area contributed by atoms with Gasteiger partial charge >= 0.3 is 0 Å². The normalized spacial score (nSPS) is 11.0. The van der Waals surface area contributed by atoms with Gasteiger partial charge in [0.2, 0.25) is 6.33 Å². The smallest absolute Gasteiger partial charge is 0.242 e. The molecule has 1 N–H and O–H groups in total. The fourth-order valence-corrected chi connectivity index (χ4v) is 1.85. The third kappa shape index (κ3) is 1.52. The number of nitrogens with one attached hydrogen (secondary N) is 1. The lowest BCUT2D eigenvalue weighted by atomic mass is 10.1. The lowest BCUT2D eigenvalue weighted by Gasteiger charge is -1.98. The lowest BCUT2D eigenvalue weighted by molar-refractivity contribution is -0.644. The number of benzene rings is 1. The summed E-state index contributed by atoms with van der Waals surface area (Å²) in [5.74, 6) is 0. The van der Waals surface area contributed by atoms with Gasteiger partial charge < -0.3 is 0 Å². The zero-order valence-electron chi connectivity index (χ0n) is 8.88. The first-order valence-electron chi connectivity index (χ1n) is 5.27. The number of fused-ring (bicyclic) bond motifs is 1. The Bertz CT molecular complexity index is 429. The van der Waals surface area contributed by atoms with Crippen LogP contribution in [0.4, 0.5) is 0 Å². The number of para-hydroxylation sites is 1. The SMILES string of the molecule is CCCCc1cccc2c1[nH]c[n+]2C. The Morgan fingerprint density at radius 1 is 1.36 bits per heavy atom. The number of H-pyrrole nitrogens is 1. The van der Waals surface area contributed by atoms with Crippen molar-refractivity contribution in [1.82, 2.24) is 4.98 Å². The standard InChI is InChI=1S/C12H16N2/c1-3-4-6-10-7-5-8-11-12(10)13-9-14(11)2/h5,7-9H,3-4,6H2,1-2H3/p+1. The molecule has 0 aliphatic heterocycles. The Balaban J connectivity index is 2.44. The molecule has 0 radical (unpaired) electrons. The van der Waals surface area contributed by atoms with Gasteiger partial charge in [-0.1, -0.05) is 25.5 Å². The molecule has 2 nitrogen and oxygen atoms in total. The first-order chi connectivity index (χ1) is 6.83. The Hall–Kier alpha value is -1.31. The minimum atomic E-state index is 1.17. The van der Waals surface area contributed by atoms with Crippen molar-refractivity contribution in [2.24, 2.45) is 7.05 Å². The first kappa shape index (κ1) is 9.25. The molecule has 1 heterocycles. The van der Waals surface area contributed by atoms with Crippen LogP contribution < -0.4 is 4.57 Å². The molecule has 0 saturated heterocycles. The van der Waals surface area contributed by atoms with Gasteiger partial charge in [0.1, 0.15) is 0 Å². The number of rotatable bonds is 3. The number of unbranched alkanes of at least 4 members (excludes halogenated alkanes) is 1. The van der Waals surface area contributed by atoms with Crippen LogP contribution >= 0.6 is 0 Å². The molecule has 74 valence electrons. The Morgan fingerprint density at radius 3 is 3.00 bits per heavy atom. The highest BCUT2D eigenvalue weighted by atomic mass is 15.0. The molecule has 0 unspecified atom stereocenters. The van der Waals surface area contributed by atoms with Gasteiger partial charge in [0.05, 0.1) is 7.05 Å². The van der Waals surface area contributed by atoms with E-state index in [1.165, 1.54) is 35.9 Å². The van der Waals surface area contributed by atoms with Gasteiger partial charge in [-0.15, -0.1) is 0 Å². The van der Waals surface area contributed by atoms with Crippen LogP contribution in [0.5, 0.6) is 0 Å². The van der Waals surface area contributed by atoms with Crippen molar-refractivity contribution in [3.63, 3.8) is 0 Å². The number of aromatic amines is 1. The minimum Gasteiger partial charge on any atom is -0.243 e. The second-order valence-corrected chi connectivity index (χ2v) is 3.80. The van der Waals surface area contributed by atoms with Crippen LogP contribution in [-0.4, -0.2) is 4.98 Å². The molecule has 0 amide bonds. The van der Waals surface area contributed by atoms with Crippen molar-refractivity contribution in [2.45, 2.75) is 26.2 Å². The van der Waals surface area contributed by atoms with Crippen LogP contribution in [-0.2, 0) is 13.5 Å². The van der Waals surface area contributed by atoms with E-state index in [1.807, 2.05) is 6.33 Å². The summed E-state index contributed by atoms with van der Waals surface area (Å²) in [7, 11) is 2.07. The van der Waals surface area contributed by atoms with Crippen LogP contribution in [0.25, 0.3) is 11.0 Å². The second-order valence-electron chi connectivity index (χ2n) is 3.80. The van der Waals surface area contributed by atoms with Crippen LogP contribution in [0, 0.1) is 0 Å². The fraction of sp³-hybridized carbons (Fsp3) is 0.417. The summed E-state index contributed by atoms with van der Waals surface area (Å²) < 4.78 is 2.13. The van der Waals surface area contributed by atoms with E-state index >= 15 is 0 Å². The predicted octanol–water partition coefficient (Wildman–Crippen LogP) is 2.34. The molecule has 2 aromatic rings. The molecule has 14 heavy (non-hydrogen) atoms. The Kier molecular flexibility index (Phi) is 2.53. The number of hydrogen-bond donors (Lipinski definition) is 1. The van der Waals surface area contributed by atoms with E-state index in [2.05, 4.69) is 41.7 Å². The van der Waals surface area contributed by atoms with E-state index in [9.17, 15) is 0 Å². The third-order valence-corrected chi connectivity index (χ3v) is 2.71. The molecule has 0 aliphatic carbocycles. The molecular weight excluding hydrogens is 172 g/mol. The topological polar surface area (TPSA) is 19.7 Å². The summed E-state index contributed by atoms with van der Waals surface area (Å²) in [6.07, 6.45) is 5.71. The predicted molar refractivity (Wildman–Crippen MR) is 58.1 cm³/mol. The highest BCUT2D eigenvalue weighted by Gasteiger charge is 2.09. The van der Waals surface area contributed by atoms with E-state index in [0.717, 1.165) is 0 Å². The maximum Gasteiger partial charge on any atom is 0.242 e. The molecular formula is C12H17N2+. The maximum absolute atomic E-state index is 3.33. The maximum atomic E-state index is 3.33. The zero-order chi connectivity index (χ0) is 9.97. The minimum absolute atomic E-state index is 1.17. The molecule has 0 aliphatic rings. The van der Waals surface area contributed by atoms with Crippen molar-refractivity contribution in [3.8, 4) is 0 Å². The Morgan fingerprint density at radius 2 is 2.21 bits per heavy atom. The molecule has 1 aromatic heterocycles. The molecule has 0 spiro atoms. The highest BCUT2D eigenvalue weighted by molar-refractivity contribution is 5.75. The Labute approximate surface area is 84.6 Å². The average molecular weight is 189 g/mol. The van der Waals surface area contributed by atoms with Gasteiger partial charge in [-0.2, -0.15) is 0 Å². The molecule has 0 atom stereocenters. The molecule has 2 rings (SSSR count). The summed E-state index contributed by atoms with van der Waals surface area (Å²) in [5.41, 5.74) is 4.02. The monoisotopic (exact) mass is 189 g/mol. The van der Waals surface area contributed by atoms with Crippen LogP contribution in [0.15, 0.2) is 24.5 Å². The van der Waals surface area contributed by atoms with Gasteiger partial charge in [0.25, 0.3) is 0 Å². The van der Waals surface area contributed by atoms with E-state index in [1.54, 1.807) is 0 Å². The number of nitrogens with zero attached hydrogens (tertiary/aromatic N) is 1. The van der Waals surface area contributed by atoms with Gasteiger partial charge in [-0.3, -0.25) is 0 Å². The number of hydrogen-bond acceptors (Lipinski definition) is 0. The van der Waals surface area contributed by atoms with Crippen LogP contribution in [0.3, 0.4) is 0 Å². The quantitative estimate of drug-likeness (QED) is 0.715. The summed E-state index contributed by atoms with van der Waals surface area (Å²) in [6.45, 7) is 2.23. The van der Waals surface area contributed by atoms with Crippen molar-refractivity contribution < 1.29 is 4.57 Å². The third-order valence-electron chi connectivity index (χ3n) is 2.71. The van der Waals surface area contributed by atoms with Gasteiger partial charge in [0, 0.05) is 5.56 Å². The van der Waals surface area contributed by atoms with Gasteiger partial charge in [0.15, 0.2) is 11.0 Å². The van der Waals surface area contributed by atoms with Crippen molar-refractivity contribution in [1.29, 1.82) is 0 Å². The summed E-state index contributed by atoms with van der Waals surface area (Å²) >= 11 is 0. The van der Waals surface area contributed by atoms with Gasteiger partial charge in [-0.05, 0) is 18.9 Å². The van der Waals surface area contributed by atoms with Crippen LogP contribution in [0.2, 0.25) is 0 Å². The zero-order valence-corrected chi connectivity index (χ0v) is 8.88. The first-order valence-corrected chi connectivity index (χ1v) is 5.27. The summed E-state index contributed by atoms with van der Waals surface area (Å²) in [4.78, 5) is 3.33. The number of aromatic nitrogens is 2. The van der Waals surface area contributed by atoms with Crippen molar-refractivity contribution in [3.05, 3.63) is 30.1 Å². The van der Waals surface area contributed by atoms with Crippen molar-refractivity contribution in [2.75, 3.05) is 0 Å². The molecule has 0 saturated carbocycles. The number of aryl methyl sites for hydroxylation is 2. The lowest BCUT2D eigenvalue weighted by Crippen LogP contribution is -2.24. The van der Waals surface area contributed by atoms with E-state index < -0.39 is 0 Å². The van der Waals surface area contributed by atoms with E-state index in [4.69, 9.17) is 0 Å². The largest absolute Gasteiger partial charge is 0.243 e. The molecule has 0 fully saturated rings. The highest BCUT2D eigenvalue weighted by Crippen LogP contribution is 2.15. The van der Waals surface area contributed by atoms with Gasteiger partial charge in [-0.25, -0.2) is 9.55 Å². The van der Waals surface area contributed by atoms with Crippen molar-refractivity contribution >= 4 is 11.0 Å².